The number of hydrogen-bond acceptors (Lipinski definition) is 2. The third-order valence-electron chi connectivity index (χ3n) is 2.72. The summed E-state index contributed by atoms with van der Waals surface area (Å²) in [5.74, 6) is 0. The lowest BCUT2D eigenvalue weighted by molar-refractivity contribution is 0.565. The molecule has 2 rings (SSSR count). The molecule has 0 spiro atoms. The number of fused-ring (bicyclic) bond motifs is 1. The van der Waals surface area contributed by atoms with Gasteiger partial charge < -0.3 is 0 Å². The Hall–Kier alpha value is -1.44. The highest BCUT2D eigenvalue weighted by Gasteiger charge is 2.15. The fourth-order valence-corrected chi connectivity index (χ4v) is 1.54. The maximum atomic E-state index is 4.33. The molecule has 2 heteroatoms. The molecule has 2 nitrogen and oxygen atoms in total. The highest BCUT2D eigenvalue weighted by molar-refractivity contribution is 5.45. The van der Waals surface area contributed by atoms with Crippen LogP contribution >= 0.6 is 0 Å². The van der Waals surface area contributed by atoms with Gasteiger partial charge in [-0.3, -0.25) is 9.97 Å². The molecule has 1 heterocycles. The van der Waals surface area contributed by atoms with Gasteiger partial charge >= 0.3 is 0 Å². The Kier molecular flexibility index (Phi) is 4.41. The Labute approximate surface area is 97.5 Å². The van der Waals surface area contributed by atoms with E-state index in [2.05, 4.69) is 42.0 Å². The second kappa shape index (κ2) is 5.59. The van der Waals surface area contributed by atoms with E-state index in [0.29, 0.717) is 0 Å². The summed E-state index contributed by atoms with van der Waals surface area (Å²) < 4.78 is 0. The number of rotatable bonds is 1. The third-order valence-corrected chi connectivity index (χ3v) is 2.72. The van der Waals surface area contributed by atoms with Crippen LogP contribution in [0.3, 0.4) is 0 Å². The Morgan fingerprint density at radius 2 is 1.75 bits per heavy atom. The maximum Gasteiger partial charge on any atom is 0.0883 e. The predicted octanol–water partition coefficient (Wildman–Crippen LogP) is 2.05. The number of nitrogens with zero attached hydrogens (tertiary/aromatic N) is 2. The van der Waals surface area contributed by atoms with E-state index in [0.717, 1.165) is 17.1 Å². The summed E-state index contributed by atoms with van der Waals surface area (Å²) in [5, 5.41) is 1.95. The van der Waals surface area contributed by atoms with E-state index >= 15 is 0 Å². The number of aromatic nitrogens is 2. The van der Waals surface area contributed by atoms with Crippen molar-refractivity contribution < 1.29 is 0 Å². The molecule has 0 radical (unpaired) electrons. The van der Waals surface area contributed by atoms with Crippen molar-refractivity contribution in [3.63, 3.8) is 0 Å². The molecule has 1 unspecified atom stereocenters. The summed E-state index contributed by atoms with van der Waals surface area (Å²) in [5.41, 5.74) is 0.109. The van der Waals surface area contributed by atoms with E-state index in [9.17, 15) is 0 Å². The van der Waals surface area contributed by atoms with E-state index in [1.54, 1.807) is 12.4 Å². The van der Waals surface area contributed by atoms with Crippen molar-refractivity contribution in [1.82, 2.24) is 9.97 Å². The highest BCUT2D eigenvalue weighted by Crippen LogP contribution is 2.24. The van der Waals surface area contributed by atoms with E-state index < -0.39 is 0 Å². The zero-order valence-corrected chi connectivity index (χ0v) is 10.6. The molecule has 1 aliphatic carbocycles. The first-order valence-electron chi connectivity index (χ1n) is 5.93. The largest absolute Gasteiger partial charge is 0.253 e. The van der Waals surface area contributed by atoms with Gasteiger partial charge in [0.2, 0.25) is 0 Å². The molecule has 0 fully saturated rings. The van der Waals surface area contributed by atoms with Crippen molar-refractivity contribution in [2.45, 2.75) is 34.1 Å². The van der Waals surface area contributed by atoms with Gasteiger partial charge in [0.1, 0.15) is 0 Å². The second-order valence-electron chi connectivity index (χ2n) is 3.86. The maximum absolute atomic E-state index is 4.33. The zero-order valence-electron chi connectivity index (χ0n) is 10.6. The van der Waals surface area contributed by atoms with Crippen LogP contribution in [-0.4, -0.2) is 9.97 Å². The first-order chi connectivity index (χ1) is 7.73. The summed E-state index contributed by atoms with van der Waals surface area (Å²) in [4.78, 5) is 8.61. The normalized spacial score (nSPS) is 21.8. The topological polar surface area (TPSA) is 25.8 Å². The van der Waals surface area contributed by atoms with E-state index in [4.69, 9.17) is 0 Å². The molecule has 0 bridgehead atoms. The van der Waals surface area contributed by atoms with Crippen molar-refractivity contribution in [2.75, 3.05) is 0 Å². The van der Waals surface area contributed by atoms with Gasteiger partial charge in [0.25, 0.3) is 0 Å². The second-order valence-corrected chi connectivity index (χ2v) is 3.86. The van der Waals surface area contributed by atoms with Crippen molar-refractivity contribution in [3.05, 3.63) is 35.2 Å². The van der Waals surface area contributed by atoms with E-state index in [1.807, 2.05) is 19.9 Å². The van der Waals surface area contributed by atoms with Gasteiger partial charge in [-0.05, 0) is 18.6 Å². The Bertz CT molecular complexity index is 474. The van der Waals surface area contributed by atoms with Crippen LogP contribution in [-0.2, 0) is 0 Å². The molecule has 1 aromatic rings. The highest BCUT2D eigenvalue weighted by atomic mass is 14.8. The van der Waals surface area contributed by atoms with Gasteiger partial charge in [0.05, 0.1) is 10.7 Å². The zero-order chi connectivity index (χ0) is 12.0. The summed E-state index contributed by atoms with van der Waals surface area (Å²) in [6.07, 6.45) is 13.0. The lowest BCUT2D eigenvalue weighted by Crippen LogP contribution is -2.31. The molecule has 1 aromatic heterocycles. The minimum absolute atomic E-state index is 0.109. The van der Waals surface area contributed by atoms with Crippen molar-refractivity contribution >= 4 is 12.2 Å². The molecular formula is C14H20N2. The number of hydrogen-bond donors (Lipinski definition) is 0. The standard InChI is InChI=1S/C12H14N2.C2H6/c1-3-12(2)6-4-5-10-11(9-12)14-8-7-13-10;1-2/h4-9H,3H2,1-2H3;1-2H3. The van der Waals surface area contributed by atoms with Crippen LogP contribution in [0, 0.1) is 5.41 Å². The minimum Gasteiger partial charge on any atom is -0.253 e. The molecule has 86 valence electrons. The fraction of sp³-hybridized carbons (Fsp3) is 0.429. The molecule has 0 aliphatic heterocycles. The van der Waals surface area contributed by atoms with Crippen LogP contribution < -0.4 is 10.7 Å². The van der Waals surface area contributed by atoms with E-state index in [1.165, 1.54) is 0 Å². The quantitative estimate of drug-likeness (QED) is 0.718. The van der Waals surface area contributed by atoms with Crippen LogP contribution in [0.15, 0.2) is 24.5 Å². The third kappa shape index (κ3) is 2.78. The smallest absolute Gasteiger partial charge is 0.0883 e. The molecule has 1 atom stereocenters. The first kappa shape index (κ1) is 12.6. The molecule has 0 saturated carbocycles. The van der Waals surface area contributed by atoms with Crippen LogP contribution in [0.1, 0.15) is 34.1 Å². The van der Waals surface area contributed by atoms with Gasteiger partial charge in [-0.25, -0.2) is 0 Å². The monoisotopic (exact) mass is 216 g/mol. The summed E-state index contributed by atoms with van der Waals surface area (Å²) in [7, 11) is 0. The van der Waals surface area contributed by atoms with E-state index in [-0.39, 0.29) is 5.41 Å². The van der Waals surface area contributed by atoms with Gasteiger partial charge in [0, 0.05) is 17.8 Å². The molecule has 0 amide bonds. The van der Waals surface area contributed by atoms with Crippen LogP contribution in [0.25, 0.3) is 12.2 Å². The Morgan fingerprint density at radius 1 is 1.12 bits per heavy atom. The molecule has 16 heavy (non-hydrogen) atoms. The van der Waals surface area contributed by atoms with Crippen LogP contribution in [0.4, 0.5) is 0 Å². The fourth-order valence-electron chi connectivity index (χ4n) is 1.54. The molecular weight excluding hydrogens is 196 g/mol. The average Bonchev–Trinajstić information content (AvgIpc) is 2.50. The van der Waals surface area contributed by atoms with Gasteiger partial charge in [0.15, 0.2) is 0 Å². The number of allylic oxidation sites excluding steroid dienone is 2. The lowest BCUT2D eigenvalue weighted by Gasteiger charge is -2.17. The molecule has 1 aliphatic rings. The van der Waals surface area contributed by atoms with Gasteiger partial charge in [-0.2, -0.15) is 0 Å². The summed E-state index contributed by atoms with van der Waals surface area (Å²) in [6.45, 7) is 8.39. The minimum atomic E-state index is 0.109. The SMILES string of the molecule is CC.CCC1(C)C=CC=c2nccnc2=C1. The van der Waals surface area contributed by atoms with Crippen molar-refractivity contribution in [2.24, 2.45) is 5.41 Å². The van der Waals surface area contributed by atoms with Gasteiger partial charge in [-0.1, -0.05) is 39.8 Å². The molecule has 0 aromatic carbocycles. The lowest BCUT2D eigenvalue weighted by atomic mass is 9.87. The Morgan fingerprint density at radius 3 is 2.38 bits per heavy atom. The summed E-state index contributed by atoms with van der Waals surface area (Å²) >= 11 is 0. The molecule has 0 saturated heterocycles. The van der Waals surface area contributed by atoms with Crippen molar-refractivity contribution in [1.29, 1.82) is 0 Å². The predicted molar refractivity (Wildman–Crippen MR) is 69.1 cm³/mol. The molecule has 0 N–H and O–H groups in total. The van der Waals surface area contributed by atoms with Gasteiger partial charge in [-0.15, -0.1) is 0 Å². The van der Waals surface area contributed by atoms with Crippen LogP contribution in [0.5, 0.6) is 0 Å². The van der Waals surface area contributed by atoms with Crippen LogP contribution in [0.2, 0.25) is 0 Å². The first-order valence-corrected chi connectivity index (χ1v) is 5.93. The van der Waals surface area contributed by atoms with Crippen molar-refractivity contribution in [3.8, 4) is 0 Å². The summed E-state index contributed by atoms with van der Waals surface area (Å²) in [6, 6.07) is 0. The average molecular weight is 216 g/mol. The Balaban J connectivity index is 0.000000606.